The first kappa shape index (κ1) is 20.4. The van der Waals surface area contributed by atoms with Gasteiger partial charge in [0.05, 0.1) is 5.31 Å². The molecule has 6 nitrogen and oxygen atoms in total. The van der Waals surface area contributed by atoms with E-state index in [1.54, 1.807) is 91.0 Å². The molecule has 0 heterocycles. The van der Waals surface area contributed by atoms with Gasteiger partial charge in [-0.05, 0) is 16.7 Å². The molecule has 0 radical (unpaired) electrons. The van der Waals surface area contributed by atoms with Gasteiger partial charge in [-0.1, -0.05) is 91.0 Å². The topological polar surface area (TPSA) is 104 Å². The fraction of sp³-hybridized carbons (Fsp3) is 0. The Kier molecular flexibility index (Phi) is 6.11. The van der Waals surface area contributed by atoms with Crippen molar-refractivity contribution in [2.45, 2.75) is 0 Å². The van der Waals surface area contributed by atoms with Crippen LogP contribution >= 0.6 is 15.4 Å². The van der Waals surface area contributed by atoms with Gasteiger partial charge < -0.3 is 14.7 Å². The molecular formula is C20H18O6P2. The second kappa shape index (κ2) is 8.38. The molecule has 0 saturated heterocycles. The van der Waals surface area contributed by atoms with Crippen molar-refractivity contribution in [1.82, 2.24) is 0 Å². The van der Waals surface area contributed by atoms with E-state index in [1.165, 1.54) is 0 Å². The molecule has 144 valence electrons. The van der Waals surface area contributed by atoms with Crippen LogP contribution in [0, 0.1) is 0 Å². The van der Waals surface area contributed by atoms with E-state index in [4.69, 9.17) is 0 Å². The van der Waals surface area contributed by atoms with Crippen molar-refractivity contribution in [2.24, 2.45) is 0 Å². The Morgan fingerprint density at radius 1 is 0.607 bits per heavy atom. The lowest BCUT2D eigenvalue weighted by Gasteiger charge is -2.21. The predicted molar refractivity (Wildman–Crippen MR) is 108 cm³/mol. The zero-order chi connectivity index (χ0) is 20.2. The molecule has 8 heteroatoms. The zero-order valence-corrected chi connectivity index (χ0v) is 16.4. The number of rotatable bonds is 6. The molecule has 0 saturated carbocycles. The molecule has 0 amide bonds. The van der Waals surface area contributed by atoms with Crippen LogP contribution in [0.2, 0.25) is 0 Å². The van der Waals surface area contributed by atoms with E-state index in [1.807, 2.05) is 0 Å². The maximum Gasteiger partial charge on any atom is 0.477 e. The molecule has 1 atom stereocenters. The number of hydrogen-bond acceptors (Lipinski definition) is 3. The third-order valence-corrected chi connectivity index (χ3v) is 6.69. The Bertz CT molecular complexity index is 1020. The normalized spacial score (nSPS) is 13.5. The minimum absolute atomic E-state index is 0.186. The van der Waals surface area contributed by atoms with Crippen LogP contribution in [-0.2, 0) is 13.4 Å². The summed E-state index contributed by atoms with van der Waals surface area (Å²) in [5, 5.41) is -0.186. The van der Waals surface area contributed by atoms with Gasteiger partial charge in [0, 0.05) is 5.57 Å². The van der Waals surface area contributed by atoms with Crippen LogP contribution in [0.15, 0.2) is 91.0 Å². The Morgan fingerprint density at radius 3 is 1.32 bits per heavy atom. The van der Waals surface area contributed by atoms with E-state index in [0.717, 1.165) is 0 Å². The smallest absolute Gasteiger partial charge is 0.321 e. The van der Waals surface area contributed by atoms with E-state index < -0.39 is 15.4 Å². The molecule has 0 spiro atoms. The summed E-state index contributed by atoms with van der Waals surface area (Å²) < 4.78 is 28.9. The molecule has 3 aromatic carbocycles. The van der Waals surface area contributed by atoms with Gasteiger partial charge in [0.15, 0.2) is 0 Å². The standard InChI is InChI=1S/C20H18O6P2/c21-27(22,26-28(23,24)25)20(18-14-8-3-9-15-18)19(16-10-4-1-5-11-16)17-12-6-2-7-13-17/h1-15H,(H,21,22)(H2,23,24,25). The number of phosphoric acid groups is 1. The van der Waals surface area contributed by atoms with E-state index in [0.29, 0.717) is 22.3 Å². The molecular weight excluding hydrogens is 398 g/mol. The lowest BCUT2D eigenvalue weighted by molar-refractivity contribution is 0.268. The second-order valence-electron chi connectivity index (χ2n) is 5.91. The fourth-order valence-corrected chi connectivity index (χ4v) is 5.38. The highest BCUT2D eigenvalue weighted by molar-refractivity contribution is 7.71. The molecule has 28 heavy (non-hydrogen) atoms. The van der Waals surface area contributed by atoms with Gasteiger partial charge in [0.2, 0.25) is 0 Å². The minimum Gasteiger partial charge on any atom is -0.321 e. The lowest BCUT2D eigenvalue weighted by Crippen LogP contribution is -1.99. The van der Waals surface area contributed by atoms with Gasteiger partial charge in [-0.3, -0.25) is 4.57 Å². The summed E-state index contributed by atoms with van der Waals surface area (Å²) >= 11 is 0. The first-order chi connectivity index (χ1) is 13.3. The molecule has 3 aromatic rings. The molecule has 0 aliphatic heterocycles. The summed E-state index contributed by atoms with van der Waals surface area (Å²) in [5.41, 5.74) is 1.89. The molecule has 0 aliphatic carbocycles. The molecule has 3 N–H and O–H groups in total. The third-order valence-electron chi connectivity index (χ3n) is 3.91. The SMILES string of the molecule is O=P(O)(O)OP(=O)(O)C(=C(c1ccccc1)c1ccccc1)c1ccccc1. The van der Waals surface area contributed by atoms with Crippen LogP contribution in [0.5, 0.6) is 0 Å². The van der Waals surface area contributed by atoms with Crippen LogP contribution in [0.1, 0.15) is 16.7 Å². The van der Waals surface area contributed by atoms with Gasteiger partial charge in [-0.15, -0.1) is 0 Å². The van der Waals surface area contributed by atoms with Crippen molar-refractivity contribution >= 4 is 26.3 Å². The van der Waals surface area contributed by atoms with Crippen molar-refractivity contribution < 1.29 is 28.1 Å². The monoisotopic (exact) mass is 416 g/mol. The molecule has 3 rings (SSSR count). The Balaban J connectivity index is 2.40. The summed E-state index contributed by atoms with van der Waals surface area (Å²) in [7, 11) is -10.1. The molecule has 0 aliphatic rings. The average molecular weight is 416 g/mol. The van der Waals surface area contributed by atoms with E-state index in [9.17, 15) is 23.8 Å². The van der Waals surface area contributed by atoms with E-state index >= 15 is 0 Å². The quantitative estimate of drug-likeness (QED) is 0.390. The van der Waals surface area contributed by atoms with Gasteiger partial charge in [-0.25, -0.2) is 8.88 Å². The maximum atomic E-state index is 13.1. The highest BCUT2D eigenvalue weighted by Crippen LogP contribution is 2.66. The number of hydrogen-bond donors (Lipinski definition) is 3. The van der Waals surface area contributed by atoms with Crippen molar-refractivity contribution in [1.29, 1.82) is 0 Å². The molecule has 0 bridgehead atoms. The highest BCUT2D eigenvalue weighted by atomic mass is 31.3. The van der Waals surface area contributed by atoms with Crippen LogP contribution in [0.25, 0.3) is 10.9 Å². The molecule has 0 aromatic heterocycles. The summed E-state index contributed by atoms with van der Waals surface area (Å²) in [6, 6.07) is 26.0. The van der Waals surface area contributed by atoms with Gasteiger partial charge in [0.1, 0.15) is 0 Å². The van der Waals surface area contributed by atoms with Crippen LogP contribution < -0.4 is 0 Å². The summed E-state index contributed by atoms with van der Waals surface area (Å²) in [4.78, 5) is 29.1. The van der Waals surface area contributed by atoms with Crippen LogP contribution in [0.4, 0.5) is 0 Å². The van der Waals surface area contributed by atoms with Crippen molar-refractivity contribution in [3.05, 3.63) is 108 Å². The van der Waals surface area contributed by atoms with Gasteiger partial charge >= 0.3 is 15.4 Å². The van der Waals surface area contributed by atoms with E-state index in [-0.39, 0.29) is 5.31 Å². The fourth-order valence-electron chi connectivity index (χ4n) is 2.88. The Labute approximate surface area is 162 Å². The maximum absolute atomic E-state index is 13.1. The molecule has 1 unspecified atom stereocenters. The van der Waals surface area contributed by atoms with Crippen molar-refractivity contribution in [2.75, 3.05) is 0 Å². The zero-order valence-electron chi connectivity index (χ0n) is 14.6. The summed E-state index contributed by atoms with van der Waals surface area (Å²) in [6.07, 6.45) is 0. The largest absolute Gasteiger partial charge is 0.477 e. The second-order valence-corrected chi connectivity index (χ2v) is 9.04. The first-order valence-electron chi connectivity index (χ1n) is 8.29. The van der Waals surface area contributed by atoms with Crippen LogP contribution in [0.3, 0.4) is 0 Å². The predicted octanol–water partition coefficient (Wildman–Crippen LogP) is 4.90. The third kappa shape index (κ3) is 4.94. The van der Waals surface area contributed by atoms with Crippen LogP contribution in [-0.4, -0.2) is 14.7 Å². The molecule has 0 fully saturated rings. The highest BCUT2D eigenvalue weighted by Gasteiger charge is 2.38. The Morgan fingerprint density at radius 2 is 0.964 bits per heavy atom. The van der Waals surface area contributed by atoms with Crippen molar-refractivity contribution in [3.8, 4) is 0 Å². The summed E-state index contributed by atoms with van der Waals surface area (Å²) in [6.45, 7) is 0. The first-order valence-corrected chi connectivity index (χ1v) is 11.4. The summed E-state index contributed by atoms with van der Waals surface area (Å²) in [5.74, 6) is 0. The lowest BCUT2D eigenvalue weighted by atomic mass is 9.95. The van der Waals surface area contributed by atoms with Gasteiger partial charge in [0.25, 0.3) is 0 Å². The van der Waals surface area contributed by atoms with Gasteiger partial charge in [-0.2, -0.15) is 0 Å². The number of benzene rings is 3. The van der Waals surface area contributed by atoms with Crippen molar-refractivity contribution in [3.63, 3.8) is 0 Å². The Hall–Kier alpha value is -2.30. The minimum atomic E-state index is -5.23. The van der Waals surface area contributed by atoms with E-state index in [2.05, 4.69) is 4.31 Å². The average Bonchev–Trinajstić information content (AvgIpc) is 2.66.